The summed E-state index contributed by atoms with van der Waals surface area (Å²) in [6, 6.07) is 0. The van der Waals surface area contributed by atoms with E-state index in [2.05, 4.69) is 11.9 Å². The second-order valence-electron chi connectivity index (χ2n) is 5.02. The third kappa shape index (κ3) is 5.83. The van der Waals surface area contributed by atoms with Gasteiger partial charge in [0.05, 0.1) is 6.10 Å². The Labute approximate surface area is 99.8 Å². The molecule has 1 heterocycles. The molecule has 0 radical (unpaired) electrons. The molecule has 0 aliphatic carbocycles. The first-order chi connectivity index (χ1) is 7.72. The van der Waals surface area contributed by atoms with Crippen LogP contribution in [0.4, 0.5) is 0 Å². The van der Waals surface area contributed by atoms with Crippen molar-refractivity contribution >= 4 is 0 Å². The molecular weight excluding hydrogens is 202 g/mol. The summed E-state index contributed by atoms with van der Waals surface area (Å²) in [7, 11) is 2.19. The lowest BCUT2D eigenvalue weighted by atomic mass is 10.00. The minimum atomic E-state index is -0.100. The highest BCUT2D eigenvalue weighted by Crippen LogP contribution is 2.15. The molecule has 0 bridgehead atoms. The fourth-order valence-electron chi connectivity index (χ4n) is 2.26. The van der Waals surface area contributed by atoms with E-state index in [9.17, 15) is 5.11 Å². The summed E-state index contributed by atoms with van der Waals surface area (Å²) in [4.78, 5) is 2.40. The van der Waals surface area contributed by atoms with E-state index < -0.39 is 0 Å². The normalized spacial score (nSPS) is 20.2. The molecule has 0 saturated carbocycles. The Morgan fingerprint density at radius 2 is 2.06 bits per heavy atom. The Bertz CT molecular complexity index is 169. The van der Waals surface area contributed by atoms with Crippen LogP contribution in [0.1, 0.15) is 39.0 Å². The number of nitrogens with zero attached hydrogens (tertiary/aromatic N) is 1. The zero-order valence-electron chi connectivity index (χ0n) is 10.8. The van der Waals surface area contributed by atoms with Crippen LogP contribution in [0.25, 0.3) is 0 Å². The van der Waals surface area contributed by atoms with Crippen LogP contribution < -0.4 is 0 Å². The average molecular weight is 229 g/mol. The lowest BCUT2D eigenvalue weighted by Crippen LogP contribution is -2.30. The molecule has 1 aliphatic heterocycles. The van der Waals surface area contributed by atoms with Crippen LogP contribution in [0.5, 0.6) is 0 Å². The standard InChI is InChI=1S/C13H27NO2/c1-3-13(15)5-4-8-14(2)11-12-6-9-16-10-7-12/h12-13,15H,3-11H2,1-2H3. The Morgan fingerprint density at radius 3 is 2.69 bits per heavy atom. The van der Waals surface area contributed by atoms with Crippen molar-refractivity contribution in [2.45, 2.75) is 45.1 Å². The number of hydrogen-bond acceptors (Lipinski definition) is 3. The van der Waals surface area contributed by atoms with Crippen LogP contribution >= 0.6 is 0 Å². The van der Waals surface area contributed by atoms with E-state index in [4.69, 9.17) is 4.74 Å². The van der Waals surface area contributed by atoms with Gasteiger partial charge in [-0.3, -0.25) is 0 Å². The molecule has 1 atom stereocenters. The molecule has 1 N–H and O–H groups in total. The third-order valence-corrected chi connectivity index (χ3v) is 3.46. The predicted molar refractivity (Wildman–Crippen MR) is 66.6 cm³/mol. The van der Waals surface area contributed by atoms with E-state index in [0.717, 1.165) is 44.9 Å². The van der Waals surface area contributed by atoms with Gasteiger partial charge < -0.3 is 14.7 Å². The molecule has 1 saturated heterocycles. The predicted octanol–water partition coefficient (Wildman–Crippen LogP) is 1.90. The SMILES string of the molecule is CCC(O)CCCN(C)CC1CCOCC1. The van der Waals surface area contributed by atoms with Gasteiger partial charge in [0, 0.05) is 19.8 Å². The lowest BCUT2D eigenvalue weighted by Gasteiger charge is -2.27. The minimum absolute atomic E-state index is 0.100. The smallest absolute Gasteiger partial charge is 0.0538 e. The number of ether oxygens (including phenoxy) is 1. The van der Waals surface area contributed by atoms with E-state index in [0.29, 0.717) is 0 Å². The zero-order chi connectivity index (χ0) is 11.8. The van der Waals surface area contributed by atoms with E-state index in [1.807, 2.05) is 6.92 Å². The van der Waals surface area contributed by atoms with Crippen molar-refractivity contribution in [3.63, 3.8) is 0 Å². The Balaban J connectivity index is 2.03. The first-order valence-electron chi connectivity index (χ1n) is 6.66. The van der Waals surface area contributed by atoms with Crippen molar-refractivity contribution in [1.82, 2.24) is 4.90 Å². The third-order valence-electron chi connectivity index (χ3n) is 3.46. The van der Waals surface area contributed by atoms with Crippen LogP contribution in [0.15, 0.2) is 0 Å². The highest BCUT2D eigenvalue weighted by Gasteiger charge is 2.15. The van der Waals surface area contributed by atoms with Gasteiger partial charge in [-0.1, -0.05) is 6.92 Å². The highest BCUT2D eigenvalue weighted by atomic mass is 16.5. The number of rotatable bonds is 7. The summed E-state index contributed by atoms with van der Waals surface area (Å²) in [5.74, 6) is 0.815. The molecule has 1 fully saturated rings. The van der Waals surface area contributed by atoms with Crippen molar-refractivity contribution in [1.29, 1.82) is 0 Å². The van der Waals surface area contributed by atoms with E-state index in [1.54, 1.807) is 0 Å². The van der Waals surface area contributed by atoms with Gasteiger partial charge in [-0.25, -0.2) is 0 Å². The zero-order valence-corrected chi connectivity index (χ0v) is 10.8. The monoisotopic (exact) mass is 229 g/mol. The molecule has 3 nitrogen and oxygen atoms in total. The van der Waals surface area contributed by atoms with Gasteiger partial charge in [-0.2, -0.15) is 0 Å². The second-order valence-corrected chi connectivity index (χ2v) is 5.02. The summed E-state index contributed by atoms with van der Waals surface area (Å²) in [5, 5.41) is 9.46. The summed E-state index contributed by atoms with van der Waals surface area (Å²) in [5.41, 5.74) is 0. The molecule has 3 heteroatoms. The van der Waals surface area contributed by atoms with Crippen molar-refractivity contribution in [3.05, 3.63) is 0 Å². The van der Waals surface area contributed by atoms with Gasteiger partial charge in [-0.15, -0.1) is 0 Å². The van der Waals surface area contributed by atoms with Crippen molar-refractivity contribution in [2.24, 2.45) is 5.92 Å². The van der Waals surface area contributed by atoms with Gasteiger partial charge in [0.2, 0.25) is 0 Å². The summed E-state index contributed by atoms with van der Waals surface area (Å²) >= 11 is 0. The molecule has 16 heavy (non-hydrogen) atoms. The highest BCUT2D eigenvalue weighted by molar-refractivity contribution is 4.67. The second kappa shape index (κ2) is 8.04. The molecule has 0 amide bonds. The molecule has 0 aromatic rings. The van der Waals surface area contributed by atoms with Gasteiger partial charge >= 0.3 is 0 Å². The number of aliphatic hydroxyl groups is 1. The summed E-state index contributed by atoms with van der Waals surface area (Å²) < 4.78 is 5.36. The maximum Gasteiger partial charge on any atom is 0.0538 e. The molecule has 96 valence electrons. The summed E-state index contributed by atoms with van der Waals surface area (Å²) in [6.45, 7) is 6.20. The van der Waals surface area contributed by atoms with Crippen LogP contribution in [0.3, 0.4) is 0 Å². The first kappa shape index (κ1) is 13.9. The van der Waals surface area contributed by atoms with Gasteiger partial charge in [0.25, 0.3) is 0 Å². The van der Waals surface area contributed by atoms with Gasteiger partial charge in [0.1, 0.15) is 0 Å². The molecule has 0 aromatic carbocycles. The topological polar surface area (TPSA) is 32.7 Å². The van der Waals surface area contributed by atoms with Gasteiger partial charge in [-0.05, 0) is 51.6 Å². The maximum atomic E-state index is 9.46. The Kier molecular flexibility index (Phi) is 7.01. The summed E-state index contributed by atoms with van der Waals surface area (Å²) in [6.07, 6.45) is 5.24. The van der Waals surface area contributed by atoms with Crippen molar-refractivity contribution in [2.75, 3.05) is 33.4 Å². The Hall–Kier alpha value is -0.120. The van der Waals surface area contributed by atoms with Crippen LogP contribution in [-0.4, -0.2) is 49.5 Å². The lowest BCUT2D eigenvalue weighted by molar-refractivity contribution is 0.0550. The largest absolute Gasteiger partial charge is 0.393 e. The number of hydrogen-bond donors (Lipinski definition) is 1. The molecule has 1 aliphatic rings. The minimum Gasteiger partial charge on any atom is -0.393 e. The fourth-order valence-corrected chi connectivity index (χ4v) is 2.26. The fraction of sp³-hybridized carbons (Fsp3) is 1.00. The molecule has 1 unspecified atom stereocenters. The van der Waals surface area contributed by atoms with Crippen molar-refractivity contribution in [3.8, 4) is 0 Å². The van der Waals surface area contributed by atoms with Crippen molar-refractivity contribution < 1.29 is 9.84 Å². The molecule has 0 aromatic heterocycles. The molecule has 0 spiro atoms. The van der Waals surface area contributed by atoms with E-state index >= 15 is 0 Å². The number of aliphatic hydroxyl groups excluding tert-OH is 1. The van der Waals surface area contributed by atoms with Gasteiger partial charge in [0.15, 0.2) is 0 Å². The van der Waals surface area contributed by atoms with Crippen LogP contribution in [0.2, 0.25) is 0 Å². The molecular formula is C13H27NO2. The van der Waals surface area contributed by atoms with E-state index in [-0.39, 0.29) is 6.10 Å². The average Bonchev–Trinajstić information content (AvgIpc) is 2.30. The van der Waals surface area contributed by atoms with Crippen LogP contribution in [0, 0.1) is 5.92 Å². The quantitative estimate of drug-likeness (QED) is 0.723. The van der Waals surface area contributed by atoms with Crippen LogP contribution in [-0.2, 0) is 4.74 Å². The Morgan fingerprint density at radius 1 is 1.38 bits per heavy atom. The maximum absolute atomic E-state index is 9.46. The first-order valence-corrected chi connectivity index (χ1v) is 6.66. The molecule has 1 rings (SSSR count). The van der Waals surface area contributed by atoms with E-state index in [1.165, 1.54) is 19.4 Å².